The maximum atomic E-state index is 6.17. The lowest BCUT2D eigenvalue weighted by Crippen LogP contribution is -2.37. The van der Waals surface area contributed by atoms with Gasteiger partial charge in [0.1, 0.15) is 12.4 Å². The number of ether oxygens (including phenoxy) is 1. The monoisotopic (exact) mass is 387 g/mol. The predicted molar refractivity (Wildman–Crippen MR) is 106 cm³/mol. The molecule has 0 unspecified atom stereocenters. The van der Waals surface area contributed by atoms with Crippen molar-refractivity contribution in [3.05, 3.63) is 63.6 Å². The minimum atomic E-state index is 0. The largest absolute Gasteiger partial charge is 0.489 e. The van der Waals surface area contributed by atoms with Gasteiger partial charge in [-0.15, -0.1) is 12.4 Å². The minimum Gasteiger partial charge on any atom is -0.489 e. The van der Waals surface area contributed by atoms with Crippen LogP contribution in [0.4, 0.5) is 0 Å². The molecule has 0 saturated carbocycles. The Labute approximate surface area is 160 Å². The Morgan fingerprint density at radius 1 is 1.08 bits per heavy atom. The second kappa shape index (κ2) is 9.53. The van der Waals surface area contributed by atoms with Gasteiger partial charge in [-0.05, 0) is 50.1 Å². The van der Waals surface area contributed by atoms with Crippen LogP contribution in [0.1, 0.15) is 38.3 Å². The fourth-order valence-corrected chi connectivity index (χ4v) is 2.47. The summed E-state index contributed by atoms with van der Waals surface area (Å²) in [5, 5.41) is 4.80. The minimum absolute atomic E-state index is 0. The topological polar surface area (TPSA) is 21.3 Å². The zero-order chi connectivity index (χ0) is 16.9. The van der Waals surface area contributed by atoms with Gasteiger partial charge in [-0.1, -0.05) is 48.3 Å². The summed E-state index contributed by atoms with van der Waals surface area (Å²) in [5.41, 5.74) is 2.26. The molecule has 0 heterocycles. The molecule has 0 saturated heterocycles. The average Bonchev–Trinajstić information content (AvgIpc) is 2.53. The molecule has 0 bridgehead atoms. The van der Waals surface area contributed by atoms with Crippen LogP contribution in [0.2, 0.25) is 10.0 Å². The van der Waals surface area contributed by atoms with Crippen LogP contribution in [-0.4, -0.2) is 5.54 Å². The third kappa shape index (κ3) is 6.52. The van der Waals surface area contributed by atoms with E-state index >= 15 is 0 Å². The van der Waals surface area contributed by atoms with E-state index in [0.29, 0.717) is 16.7 Å². The molecule has 0 aliphatic carbocycles. The van der Waals surface area contributed by atoms with E-state index < -0.39 is 0 Å². The third-order valence-electron chi connectivity index (χ3n) is 3.96. The molecular formula is C19H24Cl3NO. The molecule has 2 rings (SSSR count). The van der Waals surface area contributed by atoms with Crippen molar-refractivity contribution in [3.63, 3.8) is 0 Å². The zero-order valence-electron chi connectivity index (χ0n) is 14.2. The molecule has 132 valence electrons. The molecule has 0 spiro atoms. The van der Waals surface area contributed by atoms with Gasteiger partial charge in [0.2, 0.25) is 0 Å². The second-order valence-electron chi connectivity index (χ2n) is 6.26. The summed E-state index contributed by atoms with van der Waals surface area (Å²) in [7, 11) is 0. The summed E-state index contributed by atoms with van der Waals surface area (Å²) in [6.45, 7) is 7.83. The molecule has 0 aliphatic rings. The standard InChI is InChI=1S/C19H23Cl2NO.ClH/c1-4-19(2,3)22-12-14-6-5-7-17(10-14)23-13-15-8-9-16(20)11-18(15)21;/h5-11,22H,4,12-13H2,1-3H3;1H. The van der Waals surface area contributed by atoms with E-state index in [1.165, 1.54) is 5.56 Å². The van der Waals surface area contributed by atoms with Gasteiger partial charge >= 0.3 is 0 Å². The average molecular weight is 389 g/mol. The normalized spacial score (nSPS) is 11.0. The van der Waals surface area contributed by atoms with Crippen LogP contribution in [0.25, 0.3) is 0 Å². The van der Waals surface area contributed by atoms with Crippen molar-refractivity contribution >= 4 is 35.6 Å². The molecule has 5 heteroatoms. The Kier molecular flexibility index (Phi) is 8.38. The molecule has 0 radical (unpaired) electrons. The summed E-state index contributed by atoms with van der Waals surface area (Å²) in [6, 6.07) is 13.6. The number of rotatable bonds is 7. The van der Waals surface area contributed by atoms with Crippen molar-refractivity contribution in [2.45, 2.75) is 45.9 Å². The summed E-state index contributed by atoms with van der Waals surface area (Å²) >= 11 is 12.1. The second-order valence-corrected chi connectivity index (χ2v) is 7.11. The molecule has 0 amide bonds. The first-order valence-electron chi connectivity index (χ1n) is 7.80. The fourth-order valence-electron chi connectivity index (χ4n) is 2.01. The van der Waals surface area contributed by atoms with Crippen LogP contribution in [0, 0.1) is 0 Å². The van der Waals surface area contributed by atoms with Crippen molar-refractivity contribution in [2.24, 2.45) is 0 Å². The Morgan fingerprint density at radius 2 is 1.83 bits per heavy atom. The first kappa shape index (κ1) is 21.1. The quantitative estimate of drug-likeness (QED) is 0.603. The number of benzene rings is 2. The first-order chi connectivity index (χ1) is 10.9. The lowest BCUT2D eigenvalue weighted by Gasteiger charge is -2.24. The smallest absolute Gasteiger partial charge is 0.120 e. The van der Waals surface area contributed by atoms with E-state index in [1.807, 2.05) is 24.3 Å². The van der Waals surface area contributed by atoms with Crippen molar-refractivity contribution < 1.29 is 4.74 Å². The van der Waals surface area contributed by atoms with Crippen LogP contribution in [0.5, 0.6) is 5.75 Å². The van der Waals surface area contributed by atoms with Gasteiger partial charge in [-0.25, -0.2) is 0 Å². The summed E-state index contributed by atoms with van der Waals surface area (Å²) in [4.78, 5) is 0. The van der Waals surface area contributed by atoms with Crippen LogP contribution >= 0.6 is 35.6 Å². The van der Waals surface area contributed by atoms with Crippen molar-refractivity contribution in [3.8, 4) is 5.75 Å². The molecule has 24 heavy (non-hydrogen) atoms. The van der Waals surface area contributed by atoms with Crippen LogP contribution in [-0.2, 0) is 13.2 Å². The Hall–Kier alpha value is -0.930. The van der Waals surface area contributed by atoms with E-state index in [4.69, 9.17) is 27.9 Å². The van der Waals surface area contributed by atoms with Crippen LogP contribution in [0.3, 0.4) is 0 Å². The lowest BCUT2D eigenvalue weighted by molar-refractivity contribution is 0.305. The number of hydrogen-bond acceptors (Lipinski definition) is 2. The molecular weight excluding hydrogens is 365 g/mol. The molecule has 2 aromatic carbocycles. The van der Waals surface area contributed by atoms with Crippen LogP contribution in [0.15, 0.2) is 42.5 Å². The van der Waals surface area contributed by atoms with Gasteiger partial charge in [0, 0.05) is 27.7 Å². The highest BCUT2D eigenvalue weighted by Crippen LogP contribution is 2.23. The third-order valence-corrected chi connectivity index (χ3v) is 4.55. The summed E-state index contributed by atoms with van der Waals surface area (Å²) in [6.07, 6.45) is 1.08. The fraction of sp³-hybridized carbons (Fsp3) is 0.368. The van der Waals surface area contributed by atoms with Gasteiger partial charge in [-0.3, -0.25) is 0 Å². The van der Waals surface area contributed by atoms with E-state index in [0.717, 1.165) is 24.3 Å². The lowest BCUT2D eigenvalue weighted by atomic mass is 10.0. The molecule has 0 aliphatic heterocycles. The predicted octanol–water partition coefficient (Wildman–Crippen LogP) is 6.27. The van der Waals surface area contributed by atoms with Crippen LogP contribution < -0.4 is 10.1 Å². The van der Waals surface area contributed by atoms with Gasteiger partial charge in [0.15, 0.2) is 0 Å². The molecule has 0 fully saturated rings. The Bertz CT molecular complexity index is 659. The summed E-state index contributed by atoms with van der Waals surface area (Å²) < 4.78 is 5.86. The molecule has 1 N–H and O–H groups in total. The van der Waals surface area contributed by atoms with E-state index in [2.05, 4.69) is 38.2 Å². The van der Waals surface area contributed by atoms with Gasteiger partial charge < -0.3 is 10.1 Å². The summed E-state index contributed by atoms with van der Waals surface area (Å²) in [5.74, 6) is 0.838. The maximum absolute atomic E-state index is 6.17. The highest BCUT2D eigenvalue weighted by molar-refractivity contribution is 6.35. The Morgan fingerprint density at radius 3 is 2.50 bits per heavy atom. The SMILES string of the molecule is CCC(C)(C)NCc1cccc(OCc2ccc(Cl)cc2Cl)c1.Cl. The number of hydrogen-bond donors (Lipinski definition) is 1. The van der Waals surface area contributed by atoms with Gasteiger partial charge in [0.05, 0.1) is 0 Å². The molecule has 2 nitrogen and oxygen atoms in total. The van der Waals surface area contributed by atoms with Crippen molar-refractivity contribution in [1.82, 2.24) is 5.32 Å². The van der Waals surface area contributed by atoms with Gasteiger partial charge in [-0.2, -0.15) is 0 Å². The number of halogens is 3. The first-order valence-corrected chi connectivity index (χ1v) is 8.56. The zero-order valence-corrected chi connectivity index (χ0v) is 16.6. The highest BCUT2D eigenvalue weighted by Gasteiger charge is 2.13. The maximum Gasteiger partial charge on any atom is 0.120 e. The molecule has 0 aromatic heterocycles. The number of nitrogens with one attached hydrogen (secondary N) is 1. The van der Waals surface area contributed by atoms with E-state index in [9.17, 15) is 0 Å². The molecule has 0 atom stereocenters. The van der Waals surface area contributed by atoms with Crippen molar-refractivity contribution in [1.29, 1.82) is 0 Å². The van der Waals surface area contributed by atoms with Crippen molar-refractivity contribution in [2.75, 3.05) is 0 Å². The van der Waals surface area contributed by atoms with E-state index in [1.54, 1.807) is 6.07 Å². The Balaban J connectivity index is 0.00000288. The molecule has 2 aromatic rings. The van der Waals surface area contributed by atoms with Gasteiger partial charge in [0.25, 0.3) is 0 Å². The van der Waals surface area contributed by atoms with E-state index in [-0.39, 0.29) is 17.9 Å². The highest BCUT2D eigenvalue weighted by atomic mass is 35.5.